The monoisotopic (exact) mass is 500 g/mol. The molecule has 1 saturated heterocycles. The Balaban J connectivity index is 0.00000225. The molecule has 1 aliphatic heterocycles. The summed E-state index contributed by atoms with van der Waals surface area (Å²) in [6.45, 7) is 4.34. The van der Waals surface area contributed by atoms with Gasteiger partial charge in [0.15, 0.2) is 0 Å². The summed E-state index contributed by atoms with van der Waals surface area (Å²) in [4.78, 5) is 5.16. The van der Waals surface area contributed by atoms with Crippen LogP contribution in [0.4, 0.5) is 0 Å². The Morgan fingerprint density at radius 3 is 1.61 bits per heavy atom. The molecule has 3 aromatic rings. The van der Waals surface area contributed by atoms with Crippen molar-refractivity contribution in [2.45, 2.75) is 18.5 Å². The quantitative estimate of drug-likeness (QED) is 0.403. The van der Waals surface area contributed by atoms with E-state index in [1.165, 1.54) is 16.7 Å². The highest BCUT2D eigenvalue weighted by Gasteiger charge is 2.32. The molecule has 1 heterocycles. The van der Waals surface area contributed by atoms with Gasteiger partial charge in [0.1, 0.15) is 0 Å². The molecule has 0 radical (unpaired) electrons. The second-order valence-corrected chi connectivity index (χ2v) is 7.57. The van der Waals surface area contributed by atoms with Crippen LogP contribution >= 0.6 is 49.6 Å². The second kappa shape index (κ2) is 14.7. The Labute approximate surface area is 211 Å². The van der Waals surface area contributed by atoms with Crippen molar-refractivity contribution in [3.63, 3.8) is 0 Å². The van der Waals surface area contributed by atoms with Crippen LogP contribution in [-0.4, -0.2) is 42.5 Å². The highest BCUT2D eigenvalue weighted by atomic mass is 35.5. The number of benzene rings is 3. The van der Waals surface area contributed by atoms with E-state index in [4.69, 9.17) is 0 Å². The number of hydrogen-bond acceptors (Lipinski definition) is 2. The summed E-state index contributed by atoms with van der Waals surface area (Å²) >= 11 is 0. The molecule has 2 nitrogen and oxygen atoms in total. The first-order valence-corrected chi connectivity index (χ1v) is 9.87. The van der Waals surface area contributed by atoms with Gasteiger partial charge in [-0.2, -0.15) is 0 Å². The zero-order valence-electron chi connectivity index (χ0n) is 17.7. The number of halogens is 4. The Bertz CT molecular complexity index is 794. The van der Waals surface area contributed by atoms with Crippen LogP contribution in [0.1, 0.15) is 22.6 Å². The van der Waals surface area contributed by atoms with Crippen molar-refractivity contribution in [1.82, 2.24) is 9.80 Å². The van der Waals surface area contributed by atoms with Gasteiger partial charge in [0.25, 0.3) is 0 Å². The van der Waals surface area contributed by atoms with Crippen LogP contribution < -0.4 is 0 Å². The molecule has 0 aromatic heterocycles. The van der Waals surface area contributed by atoms with Crippen molar-refractivity contribution in [3.8, 4) is 0 Å². The van der Waals surface area contributed by atoms with Gasteiger partial charge in [0, 0.05) is 38.1 Å². The lowest BCUT2D eigenvalue weighted by Gasteiger charge is -2.43. The van der Waals surface area contributed by atoms with E-state index in [-0.39, 0.29) is 49.6 Å². The van der Waals surface area contributed by atoms with Crippen LogP contribution in [0.2, 0.25) is 0 Å². The van der Waals surface area contributed by atoms with Crippen LogP contribution in [0.5, 0.6) is 0 Å². The third kappa shape index (κ3) is 7.68. The van der Waals surface area contributed by atoms with E-state index in [2.05, 4.69) is 108 Å². The van der Waals surface area contributed by atoms with Gasteiger partial charge in [-0.05, 0) is 23.7 Å². The summed E-state index contributed by atoms with van der Waals surface area (Å²) in [5.41, 5.74) is 4.21. The number of piperazine rings is 1. The Morgan fingerprint density at radius 2 is 1.13 bits per heavy atom. The molecule has 31 heavy (non-hydrogen) atoms. The molecule has 0 aliphatic carbocycles. The predicted molar refractivity (Wildman–Crippen MR) is 142 cm³/mol. The summed E-state index contributed by atoms with van der Waals surface area (Å²) in [5.74, 6) is 0.385. The predicted octanol–water partition coefficient (Wildman–Crippen LogP) is 6.32. The van der Waals surface area contributed by atoms with E-state index >= 15 is 0 Å². The lowest BCUT2D eigenvalue weighted by atomic mass is 9.83. The molecule has 170 valence electrons. The standard InChI is InChI=1S/C25H28N2.4ClH/c1-26-17-18-27(19-21-11-5-2-6-12-21)20-24(26)25(22-13-7-3-8-14-22)23-15-9-4-10-16-23;;;;/h2-16,24-25H,17-20H2,1H3;4*1H. The van der Waals surface area contributed by atoms with Gasteiger partial charge < -0.3 is 0 Å². The third-order valence-electron chi connectivity index (χ3n) is 5.73. The van der Waals surface area contributed by atoms with Crippen LogP contribution in [0.3, 0.4) is 0 Å². The average Bonchev–Trinajstić information content (AvgIpc) is 2.73. The van der Waals surface area contributed by atoms with Gasteiger partial charge in [0.05, 0.1) is 0 Å². The maximum absolute atomic E-state index is 2.61. The number of nitrogens with zero attached hydrogens (tertiary/aromatic N) is 2. The topological polar surface area (TPSA) is 6.48 Å². The second-order valence-electron chi connectivity index (χ2n) is 7.57. The Hall–Kier alpha value is -1.26. The molecule has 1 aliphatic rings. The molecule has 0 bridgehead atoms. The molecule has 0 spiro atoms. The van der Waals surface area contributed by atoms with Crippen molar-refractivity contribution in [1.29, 1.82) is 0 Å². The summed E-state index contributed by atoms with van der Waals surface area (Å²) in [5, 5.41) is 0. The molecule has 0 saturated carbocycles. The molecule has 4 rings (SSSR count). The largest absolute Gasteiger partial charge is 0.300 e. The van der Waals surface area contributed by atoms with Gasteiger partial charge in [-0.3, -0.25) is 9.80 Å². The third-order valence-corrected chi connectivity index (χ3v) is 5.73. The average molecular weight is 502 g/mol. The Morgan fingerprint density at radius 1 is 0.677 bits per heavy atom. The summed E-state index contributed by atoms with van der Waals surface area (Å²) in [7, 11) is 2.28. The zero-order chi connectivity index (χ0) is 18.5. The smallest absolute Gasteiger partial charge is 0.0330 e. The maximum atomic E-state index is 2.61. The minimum Gasteiger partial charge on any atom is -0.300 e. The van der Waals surface area contributed by atoms with E-state index in [0.29, 0.717) is 12.0 Å². The molecule has 0 N–H and O–H groups in total. The number of rotatable bonds is 5. The van der Waals surface area contributed by atoms with Gasteiger partial charge in [0.2, 0.25) is 0 Å². The van der Waals surface area contributed by atoms with Crippen molar-refractivity contribution < 1.29 is 0 Å². The van der Waals surface area contributed by atoms with Crippen LogP contribution in [0.25, 0.3) is 0 Å². The fraction of sp³-hybridized carbons (Fsp3) is 0.280. The molecular weight excluding hydrogens is 470 g/mol. The van der Waals surface area contributed by atoms with Gasteiger partial charge in [-0.1, -0.05) is 91.0 Å². The van der Waals surface area contributed by atoms with Crippen LogP contribution in [0.15, 0.2) is 91.0 Å². The van der Waals surface area contributed by atoms with Crippen molar-refractivity contribution in [2.75, 3.05) is 26.7 Å². The fourth-order valence-corrected chi connectivity index (χ4v) is 4.26. The molecule has 0 amide bonds. The van der Waals surface area contributed by atoms with Gasteiger partial charge in [-0.15, -0.1) is 49.6 Å². The first kappa shape index (κ1) is 29.7. The minimum absolute atomic E-state index is 0. The van der Waals surface area contributed by atoms with Crippen LogP contribution in [-0.2, 0) is 6.54 Å². The summed E-state index contributed by atoms with van der Waals surface area (Å²) in [6, 6.07) is 33.3. The van der Waals surface area contributed by atoms with E-state index in [0.717, 1.165) is 26.2 Å². The van der Waals surface area contributed by atoms with Crippen molar-refractivity contribution >= 4 is 49.6 Å². The SMILES string of the molecule is CN1CCN(Cc2ccccc2)CC1C(c1ccccc1)c1ccccc1.Cl.Cl.Cl.Cl. The Kier molecular flexibility index (Phi) is 14.1. The molecule has 6 heteroatoms. The summed E-state index contributed by atoms with van der Waals surface area (Å²) in [6.07, 6.45) is 0. The molecule has 1 unspecified atom stereocenters. The van der Waals surface area contributed by atoms with Crippen molar-refractivity contribution in [3.05, 3.63) is 108 Å². The molecular formula is C25H32Cl4N2. The lowest BCUT2D eigenvalue weighted by molar-refractivity contribution is 0.0816. The first-order valence-electron chi connectivity index (χ1n) is 9.87. The zero-order valence-corrected chi connectivity index (χ0v) is 20.9. The first-order chi connectivity index (χ1) is 13.3. The fourth-order valence-electron chi connectivity index (χ4n) is 4.26. The minimum atomic E-state index is 0. The molecule has 3 aromatic carbocycles. The number of likely N-dealkylation sites (N-methyl/N-ethyl adjacent to an activating group) is 1. The lowest BCUT2D eigenvalue weighted by Crippen LogP contribution is -2.53. The molecule has 1 atom stereocenters. The van der Waals surface area contributed by atoms with E-state index in [1.54, 1.807) is 0 Å². The van der Waals surface area contributed by atoms with E-state index < -0.39 is 0 Å². The number of hydrogen-bond donors (Lipinski definition) is 0. The van der Waals surface area contributed by atoms with E-state index in [9.17, 15) is 0 Å². The summed E-state index contributed by atoms with van der Waals surface area (Å²) < 4.78 is 0. The van der Waals surface area contributed by atoms with Gasteiger partial charge >= 0.3 is 0 Å². The van der Waals surface area contributed by atoms with Crippen molar-refractivity contribution in [2.24, 2.45) is 0 Å². The molecule has 1 fully saturated rings. The highest BCUT2D eigenvalue weighted by Crippen LogP contribution is 2.32. The van der Waals surface area contributed by atoms with E-state index in [1.807, 2.05) is 0 Å². The maximum Gasteiger partial charge on any atom is 0.0330 e. The normalized spacial score (nSPS) is 16.3. The van der Waals surface area contributed by atoms with Crippen LogP contribution in [0, 0.1) is 0 Å². The van der Waals surface area contributed by atoms with Gasteiger partial charge in [-0.25, -0.2) is 0 Å². The highest BCUT2D eigenvalue weighted by molar-refractivity contribution is 5.86.